The lowest BCUT2D eigenvalue weighted by atomic mass is 9.81. The molecule has 0 aliphatic carbocycles. The summed E-state index contributed by atoms with van der Waals surface area (Å²) in [5, 5.41) is 12.5. The molecule has 1 aromatic rings. The summed E-state index contributed by atoms with van der Waals surface area (Å²) >= 11 is 0. The first kappa shape index (κ1) is 11.5. The first-order valence-corrected chi connectivity index (χ1v) is 5.00. The summed E-state index contributed by atoms with van der Waals surface area (Å²) < 4.78 is 0. The minimum atomic E-state index is -0.197. The number of hydrogen-bond donors (Lipinski definition) is 1. The van der Waals surface area contributed by atoms with E-state index < -0.39 is 0 Å². The highest BCUT2D eigenvalue weighted by Gasteiger charge is 2.25. The van der Waals surface area contributed by atoms with E-state index in [1.165, 1.54) is 0 Å². The van der Waals surface area contributed by atoms with Gasteiger partial charge in [-0.3, -0.25) is 0 Å². The predicted octanol–water partition coefficient (Wildman–Crippen LogP) is 3.47. The predicted molar refractivity (Wildman–Crippen MR) is 63.4 cm³/mol. The number of benzene rings is 1. The second-order valence-corrected chi connectivity index (χ2v) is 4.19. The lowest BCUT2D eigenvalue weighted by Gasteiger charge is -2.24. The van der Waals surface area contributed by atoms with Crippen LogP contribution in [0.4, 0.5) is 0 Å². The summed E-state index contributed by atoms with van der Waals surface area (Å²) in [5.74, 6) is 0. The Bertz CT molecular complexity index is 352. The topological polar surface area (TPSA) is 32.6 Å². The maximum absolute atomic E-state index is 9.10. The van der Waals surface area contributed by atoms with Crippen LogP contribution in [0.5, 0.6) is 0 Å². The minimum absolute atomic E-state index is 0.197. The fourth-order valence-corrected chi connectivity index (χ4v) is 1.64. The highest BCUT2D eigenvalue weighted by molar-refractivity contribution is 6.04. The van der Waals surface area contributed by atoms with Gasteiger partial charge in [0.15, 0.2) is 0 Å². The van der Waals surface area contributed by atoms with E-state index in [1.54, 1.807) is 0 Å². The van der Waals surface area contributed by atoms with Crippen molar-refractivity contribution in [2.75, 3.05) is 0 Å². The van der Waals surface area contributed by atoms with Crippen LogP contribution in [-0.2, 0) is 0 Å². The van der Waals surface area contributed by atoms with Gasteiger partial charge in [0, 0.05) is 5.41 Å². The van der Waals surface area contributed by atoms with Crippen LogP contribution >= 0.6 is 0 Å². The largest absolute Gasteiger partial charge is 0.411 e. The van der Waals surface area contributed by atoms with Crippen LogP contribution in [0.1, 0.15) is 25.8 Å². The van der Waals surface area contributed by atoms with Crippen LogP contribution in [0.15, 0.2) is 48.1 Å². The van der Waals surface area contributed by atoms with Gasteiger partial charge in [0.1, 0.15) is 0 Å². The maximum atomic E-state index is 9.10. The molecule has 0 radical (unpaired) electrons. The summed E-state index contributed by atoms with van der Waals surface area (Å²) in [6.07, 6.45) is 2.62. The van der Waals surface area contributed by atoms with Crippen LogP contribution in [-0.4, -0.2) is 10.9 Å². The number of rotatable bonds is 4. The summed E-state index contributed by atoms with van der Waals surface area (Å²) in [6, 6.07) is 9.70. The SMILES string of the molecule is C=CCC(C)(C)C(=NO)c1ccccc1. The quantitative estimate of drug-likeness (QED) is 0.345. The summed E-state index contributed by atoms with van der Waals surface area (Å²) in [4.78, 5) is 0. The third-order valence-corrected chi connectivity index (χ3v) is 2.44. The third kappa shape index (κ3) is 2.69. The van der Waals surface area contributed by atoms with Gasteiger partial charge >= 0.3 is 0 Å². The lowest BCUT2D eigenvalue weighted by molar-refractivity contribution is 0.310. The van der Waals surface area contributed by atoms with E-state index in [0.29, 0.717) is 5.71 Å². The van der Waals surface area contributed by atoms with Crippen LogP contribution in [0, 0.1) is 5.41 Å². The van der Waals surface area contributed by atoms with E-state index in [1.807, 2.05) is 50.3 Å². The summed E-state index contributed by atoms with van der Waals surface area (Å²) in [6.45, 7) is 7.80. The van der Waals surface area contributed by atoms with Crippen molar-refractivity contribution in [1.29, 1.82) is 0 Å². The molecule has 0 aliphatic heterocycles. The van der Waals surface area contributed by atoms with E-state index in [0.717, 1.165) is 12.0 Å². The van der Waals surface area contributed by atoms with Gasteiger partial charge in [-0.2, -0.15) is 0 Å². The van der Waals surface area contributed by atoms with E-state index in [-0.39, 0.29) is 5.41 Å². The number of oxime groups is 1. The first-order valence-electron chi connectivity index (χ1n) is 5.00. The van der Waals surface area contributed by atoms with Gasteiger partial charge in [-0.05, 0) is 12.0 Å². The van der Waals surface area contributed by atoms with Crippen molar-refractivity contribution in [3.05, 3.63) is 48.6 Å². The van der Waals surface area contributed by atoms with Crippen molar-refractivity contribution in [3.63, 3.8) is 0 Å². The monoisotopic (exact) mass is 203 g/mol. The molecule has 0 aromatic heterocycles. The number of allylic oxidation sites excluding steroid dienone is 1. The van der Waals surface area contributed by atoms with E-state index in [4.69, 9.17) is 5.21 Å². The Morgan fingerprint density at radius 1 is 1.40 bits per heavy atom. The molecule has 0 saturated heterocycles. The third-order valence-electron chi connectivity index (χ3n) is 2.44. The van der Waals surface area contributed by atoms with Gasteiger partial charge in [-0.1, -0.05) is 55.4 Å². The average molecular weight is 203 g/mol. The molecular weight excluding hydrogens is 186 g/mol. The standard InChI is InChI=1S/C13H17NO/c1-4-10-13(2,3)12(14-15)11-8-6-5-7-9-11/h4-9,15H,1,10H2,2-3H3. The fraction of sp³-hybridized carbons (Fsp3) is 0.308. The zero-order valence-electron chi connectivity index (χ0n) is 9.27. The van der Waals surface area contributed by atoms with E-state index in [2.05, 4.69) is 11.7 Å². The van der Waals surface area contributed by atoms with Crippen molar-refractivity contribution in [3.8, 4) is 0 Å². The molecule has 0 atom stereocenters. The fourth-order valence-electron chi connectivity index (χ4n) is 1.64. The van der Waals surface area contributed by atoms with Crippen molar-refractivity contribution in [1.82, 2.24) is 0 Å². The maximum Gasteiger partial charge on any atom is 0.0926 e. The second kappa shape index (κ2) is 4.78. The molecule has 1 aromatic carbocycles. The van der Waals surface area contributed by atoms with Gasteiger partial charge in [0.2, 0.25) is 0 Å². The Labute approximate surface area is 90.9 Å². The second-order valence-electron chi connectivity index (χ2n) is 4.19. The molecule has 15 heavy (non-hydrogen) atoms. The molecule has 0 unspecified atom stereocenters. The Kier molecular flexibility index (Phi) is 3.67. The van der Waals surface area contributed by atoms with Crippen molar-refractivity contribution >= 4 is 5.71 Å². The summed E-state index contributed by atoms with van der Waals surface area (Å²) in [7, 11) is 0. The van der Waals surface area contributed by atoms with Crippen molar-refractivity contribution < 1.29 is 5.21 Å². The number of hydrogen-bond acceptors (Lipinski definition) is 2. The van der Waals surface area contributed by atoms with Crippen LogP contribution in [0.3, 0.4) is 0 Å². The first-order chi connectivity index (χ1) is 7.11. The molecule has 1 N–H and O–H groups in total. The van der Waals surface area contributed by atoms with Gasteiger partial charge in [0.05, 0.1) is 5.71 Å². The molecule has 0 saturated carbocycles. The molecule has 0 amide bonds. The zero-order valence-corrected chi connectivity index (χ0v) is 9.27. The molecule has 0 bridgehead atoms. The molecule has 0 spiro atoms. The molecule has 0 heterocycles. The van der Waals surface area contributed by atoms with E-state index in [9.17, 15) is 0 Å². The normalized spacial score (nSPS) is 12.5. The zero-order chi connectivity index (χ0) is 11.3. The molecule has 80 valence electrons. The molecule has 2 heteroatoms. The van der Waals surface area contributed by atoms with E-state index >= 15 is 0 Å². The van der Waals surface area contributed by atoms with Crippen LogP contribution in [0.2, 0.25) is 0 Å². The van der Waals surface area contributed by atoms with Crippen LogP contribution < -0.4 is 0 Å². The average Bonchev–Trinajstić information content (AvgIpc) is 2.19. The highest BCUT2D eigenvalue weighted by atomic mass is 16.4. The molecule has 2 nitrogen and oxygen atoms in total. The van der Waals surface area contributed by atoms with Gasteiger partial charge in [-0.15, -0.1) is 6.58 Å². The Hall–Kier alpha value is -1.57. The number of nitrogens with zero attached hydrogens (tertiary/aromatic N) is 1. The smallest absolute Gasteiger partial charge is 0.0926 e. The summed E-state index contributed by atoms with van der Waals surface area (Å²) in [5.41, 5.74) is 1.45. The Balaban J connectivity index is 3.06. The Morgan fingerprint density at radius 2 is 2.00 bits per heavy atom. The lowest BCUT2D eigenvalue weighted by Crippen LogP contribution is -2.24. The van der Waals surface area contributed by atoms with Gasteiger partial charge in [-0.25, -0.2) is 0 Å². The molecule has 0 aliphatic rings. The van der Waals surface area contributed by atoms with Gasteiger partial charge < -0.3 is 5.21 Å². The van der Waals surface area contributed by atoms with Crippen LogP contribution in [0.25, 0.3) is 0 Å². The van der Waals surface area contributed by atoms with Gasteiger partial charge in [0.25, 0.3) is 0 Å². The Morgan fingerprint density at radius 3 is 2.47 bits per heavy atom. The highest BCUT2D eigenvalue weighted by Crippen LogP contribution is 2.26. The minimum Gasteiger partial charge on any atom is -0.411 e. The molecular formula is C13H17NO. The van der Waals surface area contributed by atoms with Crippen molar-refractivity contribution in [2.45, 2.75) is 20.3 Å². The van der Waals surface area contributed by atoms with Crippen molar-refractivity contribution in [2.24, 2.45) is 10.6 Å². The molecule has 1 rings (SSSR count). The molecule has 0 fully saturated rings.